The van der Waals surface area contributed by atoms with Gasteiger partial charge in [-0.15, -0.1) is 0 Å². The lowest BCUT2D eigenvalue weighted by Crippen LogP contribution is -2.37. The van der Waals surface area contributed by atoms with E-state index >= 15 is 0 Å². The Morgan fingerprint density at radius 3 is 2.43 bits per heavy atom. The number of ether oxygens (including phenoxy) is 1. The maximum absolute atomic E-state index is 6.61. The number of benzene rings is 1. The number of pyridine rings is 1. The van der Waals surface area contributed by atoms with E-state index in [1.165, 1.54) is 11.3 Å². The van der Waals surface area contributed by atoms with Gasteiger partial charge in [-0.2, -0.15) is 0 Å². The van der Waals surface area contributed by atoms with Crippen LogP contribution in [0.1, 0.15) is 23.2 Å². The second kappa shape index (κ2) is 7.94. The maximum Gasteiger partial charge on any atom is 0.143 e. The summed E-state index contributed by atoms with van der Waals surface area (Å²) in [5.74, 6) is 0. The molecule has 0 unspecified atom stereocenters. The molecular formula is C23H30N4O. The van der Waals surface area contributed by atoms with Gasteiger partial charge in [0.05, 0.1) is 18.9 Å². The Bertz CT molecular complexity index is 972. The molecule has 3 aromatic rings. The Hall–Kier alpha value is -2.37. The molecule has 0 amide bonds. The first-order valence-corrected chi connectivity index (χ1v) is 10.2. The van der Waals surface area contributed by atoms with Gasteiger partial charge in [-0.25, -0.2) is 4.98 Å². The lowest BCUT2D eigenvalue weighted by Gasteiger charge is -2.26. The fraction of sp³-hybridized carbons (Fsp3) is 0.435. The van der Waals surface area contributed by atoms with Gasteiger partial charge in [-0.3, -0.25) is 4.90 Å². The number of hydrogen-bond donors (Lipinski definition) is 1. The summed E-state index contributed by atoms with van der Waals surface area (Å²) in [7, 11) is 0. The summed E-state index contributed by atoms with van der Waals surface area (Å²) in [6.45, 7) is 12.2. The molecule has 5 nitrogen and oxygen atoms in total. The van der Waals surface area contributed by atoms with Crippen LogP contribution in [-0.4, -0.2) is 47.3 Å². The van der Waals surface area contributed by atoms with Crippen molar-refractivity contribution in [2.24, 2.45) is 0 Å². The van der Waals surface area contributed by atoms with Crippen molar-refractivity contribution in [3.8, 4) is 11.3 Å². The highest BCUT2D eigenvalue weighted by Gasteiger charge is 2.19. The Morgan fingerprint density at radius 2 is 1.71 bits per heavy atom. The van der Waals surface area contributed by atoms with Gasteiger partial charge in [0, 0.05) is 48.5 Å². The molecule has 3 heterocycles. The molecular weight excluding hydrogens is 348 g/mol. The minimum Gasteiger partial charge on any atom is -0.398 e. The third-order valence-corrected chi connectivity index (χ3v) is 6.06. The number of nitrogen functional groups attached to an aromatic ring is 1. The summed E-state index contributed by atoms with van der Waals surface area (Å²) in [6.07, 6.45) is 1.10. The number of morpholine rings is 1. The summed E-state index contributed by atoms with van der Waals surface area (Å²) in [5.41, 5.74) is 14.2. The van der Waals surface area contributed by atoms with Crippen LogP contribution < -0.4 is 5.73 Å². The van der Waals surface area contributed by atoms with Crippen molar-refractivity contribution in [1.82, 2.24) is 14.5 Å². The molecule has 0 aliphatic carbocycles. The van der Waals surface area contributed by atoms with E-state index in [1.807, 2.05) is 6.07 Å². The van der Waals surface area contributed by atoms with E-state index in [9.17, 15) is 0 Å². The van der Waals surface area contributed by atoms with Crippen molar-refractivity contribution in [3.63, 3.8) is 0 Å². The number of hydrogen-bond acceptors (Lipinski definition) is 4. The second-order valence-electron chi connectivity index (χ2n) is 7.73. The van der Waals surface area contributed by atoms with Crippen LogP contribution in [0, 0.1) is 20.8 Å². The second-order valence-corrected chi connectivity index (χ2v) is 7.73. The highest BCUT2D eigenvalue weighted by Crippen LogP contribution is 2.35. The maximum atomic E-state index is 6.61. The minimum atomic E-state index is 0.850. The van der Waals surface area contributed by atoms with Gasteiger partial charge in [0.25, 0.3) is 0 Å². The van der Waals surface area contributed by atoms with Crippen molar-refractivity contribution in [2.45, 2.75) is 33.7 Å². The van der Waals surface area contributed by atoms with Crippen molar-refractivity contribution in [2.75, 3.05) is 38.6 Å². The largest absolute Gasteiger partial charge is 0.398 e. The van der Waals surface area contributed by atoms with E-state index in [0.717, 1.165) is 79.4 Å². The molecule has 2 aromatic heterocycles. The Kier molecular flexibility index (Phi) is 5.38. The van der Waals surface area contributed by atoms with Gasteiger partial charge in [0.1, 0.15) is 5.65 Å². The van der Waals surface area contributed by atoms with Gasteiger partial charge in [-0.05, 0) is 38.3 Å². The van der Waals surface area contributed by atoms with Crippen molar-refractivity contribution in [1.29, 1.82) is 0 Å². The molecule has 148 valence electrons. The zero-order valence-electron chi connectivity index (χ0n) is 17.2. The number of nitrogens with two attached hydrogens (primary N) is 1. The molecule has 0 saturated carbocycles. The minimum absolute atomic E-state index is 0.850. The topological polar surface area (TPSA) is 56.3 Å². The van der Waals surface area contributed by atoms with Crippen LogP contribution in [-0.2, 0) is 11.3 Å². The molecule has 1 aliphatic rings. The number of anilines is 1. The summed E-state index contributed by atoms with van der Waals surface area (Å²) in [6, 6.07) is 10.3. The summed E-state index contributed by atoms with van der Waals surface area (Å²) >= 11 is 0. The smallest absolute Gasteiger partial charge is 0.143 e. The number of nitrogens with zero attached hydrogens (tertiary/aromatic N) is 3. The molecule has 0 bridgehead atoms. The van der Waals surface area contributed by atoms with E-state index < -0.39 is 0 Å². The van der Waals surface area contributed by atoms with Crippen molar-refractivity contribution < 1.29 is 4.74 Å². The summed E-state index contributed by atoms with van der Waals surface area (Å²) in [5, 5.41) is 1.11. The van der Waals surface area contributed by atoms with Crippen molar-refractivity contribution in [3.05, 3.63) is 47.2 Å². The summed E-state index contributed by atoms with van der Waals surface area (Å²) in [4.78, 5) is 7.59. The first kappa shape index (κ1) is 19.0. The standard InChI is InChI=1S/C23H30N4O/c1-16-18(3)27(11-7-10-26-12-14-28-15-13-26)23-20(16)21(24)17(2)22(25-23)19-8-5-4-6-9-19/h4-6,8-9H,7,10-15H2,1-3H3,(H2,24,25). The van der Waals surface area contributed by atoms with Crippen LogP contribution in [0.15, 0.2) is 30.3 Å². The molecule has 4 rings (SSSR count). The SMILES string of the molecule is Cc1c(-c2ccccc2)nc2c(c(C)c(C)n2CCCN2CCOCC2)c1N. The van der Waals surface area contributed by atoms with E-state index in [-0.39, 0.29) is 0 Å². The third-order valence-electron chi connectivity index (χ3n) is 6.06. The van der Waals surface area contributed by atoms with E-state index in [1.54, 1.807) is 0 Å². The molecule has 0 atom stereocenters. The van der Waals surface area contributed by atoms with Crippen LogP contribution >= 0.6 is 0 Å². The molecule has 1 aromatic carbocycles. The molecule has 0 radical (unpaired) electrons. The fourth-order valence-corrected chi connectivity index (χ4v) is 4.22. The molecule has 1 saturated heterocycles. The fourth-order valence-electron chi connectivity index (χ4n) is 4.22. The van der Waals surface area contributed by atoms with Gasteiger partial charge in [-0.1, -0.05) is 30.3 Å². The molecule has 0 spiro atoms. The molecule has 5 heteroatoms. The number of rotatable bonds is 5. The van der Waals surface area contributed by atoms with E-state index in [4.69, 9.17) is 15.5 Å². The van der Waals surface area contributed by atoms with Gasteiger partial charge >= 0.3 is 0 Å². The first-order valence-electron chi connectivity index (χ1n) is 10.2. The van der Waals surface area contributed by atoms with Gasteiger partial charge in [0.2, 0.25) is 0 Å². The van der Waals surface area contributed by atoms with E-state index in [0.29, 0.717) is 0 Å². The molecule has 1 aliphatic heterocycles. The van der Waals surface area contributed by atoms with Gasteiger partial charge < -0.3 is 15.0 Å². The van der Waals surface area contributed by atoms with Crippen LogP contribution in [0.5, 0.6) is 0 Å². The lowest BCUT2D eigenvalue weighted by molar-refractivity contribution is 0.0369. The summed E-state index contributed by atoms with van der Waals surface area (Å²) < 4.78 is 7.81. The number of aromatic nitrogens is 2. The normalized spacial score (nSPS) is 15.4. The highest BCUT2D eigenvalue weighted by atomic mass is 16.5. The zero-order chi connectivity index (χ0) is 19.7. The molecule has 1 fully saturated rings. The van der Waals surface area contributed by atoms with Crippen LogP contribution in [0.25, 0.3) is 22.3 Å². The average Bonchev–Trinajstić information content (AvgIpc) is 2.97. The Labute approximate surface area is 167 Å². The van der Waals surface area contributed by atoms with Crippen LogP contribution in [0.4, 0.5) is 5.69 Å². The highest BCUT2D eigenvalue weighted by molar-refractivity contribution is 5.97. The average molecular weight is 379 g/mol. The zero-order valence-corrected chi connectivity index (χ0v) is 17.2. The Balaban J connectivity index is 1.69. The predicted octanol–water partition coefficient (Wildman–Crippen LogP) is 3.93. The molecule has 28 heavy (non-hydrogen) atoms. The van der Waals surface area contributed by atoms with Crippen LogP contribution in [0.3, 0.4) is 0 Å². The van der Waals surface area contributed by atoms with Crippen molar-refractivity contribution >= 4 is 16.7 Å². The lowest BCUT2D eigenvalue weighted by atomic mass is 10.0. The van der Waals surface area contributed by atoms with Crippen LogP contribution in [0.2, 0.25) is 0 Å². The quantitative estimate of drug-likeness (QED) is 0.731. The monoisotopic (exact) mass is 378 g/mol. The van der Waals surface area contributed by atoms with E-state index in [2.05, 4.69) is 54.5 Å². The number of fused-ring (bicyclic) bond motifs is 1. The number of aryl methyl sites for hydroxylation is 2. The predicted molar refractivity (Wildman–Crippen MR) is 116 cm³/mol. The Morgan fingerprint density at radius 1 is 1.00 bits per heavy atom. The third kappa shape index (κ3) is 3.40. The molecule has 2 N–H and O–H groups in total. The van der Waals surface area contributed by atoms with Gasteiger partial charge in [0.15, 0.2) is 0 Å². The first-order chi connectivity index (χ1) is 13.6.